The van der Waals surface area contributed by atoms with Crippen LogP contribution in [0.5, 0.6) is 11.5 Å². The van der Waals surface area contributed by atoms with Crippen LogP contribution in [0, 0.1) is 5.82 Å². The number of halogens is 1. The Balaban J connectivity index is 1.55. The minimum atomic E-state index is -0.421. The van der Waals surface area contributed by atoms with Crippen LogP contribution in [0.25, 0.3) is 27.8 Å². The van der Waals surface area contributed by atoms with Gasteiger partial charge in [0.1, 0.15) is 0 Å². The fraction of sp³-hybridized carbons (Fsp3) is 0.344. The maximum absolute atomic E-state index is 15.6. The maximum Gasteiger partial charge on any atom is 0.225 e. The van der Waals surface area contributed by atoms with Crippen LogP contribution in [0.15, 0.2) is 48.9 Å². The number of nitrogens with zero attached hydrogens (tertiary/aromatic N) is 5. The molecule has 0 amide bonds. The van der Waals surface area contributed by atoms with Gasteiger partial charge in [0.2, 0.25) is 5.95 Å². The predicted octanol–water partition coefficient (Wildman–Crippen LogP) is 6.43. The monoisotopic (exact) mass is 554 g/mol. The molecule has 0 bridgehead atoms. The van der Waals surface area contributed by atoms with Gasteiger partial charge in [-0.05, 0) is 49.9 Å². The lowest BCUT2D eigenvalue weighted by Crippen LogP contribution is -2.31. The van der Waals surface area contributed by atoms with E-state index in [4.69, 9.17) is 14.6 Å². The zero-order valence-corrected chi connectivity index (χ0v) is 24.2. The first-order chi connectivity index (χ1) is 19.9. The second-order valence-corrected chi connectivity index (χ2v) is 10.6. The number of hydrogen-bond acceptors (Lipinski definition) is 6. The Bertz CT molecular complexity index is 1680. The molecular formula is C32H35FN6O2. The minimum absolute atomic E-state index is 0.0459. The van der Waals surface area contributed by atoms with E-state index in [0.29, 0.717) is 30.2 Å². The summed E-state index contributed by atoms with van der Waals surface area (Å²) in [5.74, 6) is 1.05. The van der Waals surface area contributed by atoms with E-state index in [9.17, 15) is 0 Å². The van der Waals surface area contributed by atoms with Crippen LogP contribution >= 0.6 is 0 Å². The summed E-state index contributed by atoms with van der Waals surface area (Å²) >= 11 is 0. The molecule has 1 aliphatic heterocycles. The number of anilines is 1. The van der Waals surface area contributed by atoms with Crippen LogP contribution in [-0.2, 0) is 25.8 Å². The zero-order valence-electron chi connectivity index (χ0n) is 24.2. The molecule has 0 aliphatic carbocycles. The number of H-pyrrole nitrogens is 1. The first kappa shape index (κ1) is 26.8. The highest BCUT2D eigenvalue weighted by molar-refractivity contribution is 5.99. The smallest absolute Gasteiger partial charge is 0.225 e. The summed E-state index contributed by atoms with van der Waals surface area (Å²) in [5, 5.41) is 6.10. The molecule has 1 N–H and O–H groups in total. The second kappa shape index (κ2) is 10.9. The van der Waals surface area contributed by atoms with Crippen molar-refractivity contribution in [2.45, 2.75) is 59.6 Å². The van der Waals surface area contributed by atoms with Crippen molar-refractivity contribution >= 4 is 16.9 Å². The van der Waals surface area contributed by atoms with Gasteiger partial charge in [0.05, 0.1) is 48.2 Å². The SMILES string of the molecule is CCc1cccc(CC)c1-n1nc2c(c1-c1cc(F)c(OC)c3[nH]ccc13)CN(c1ncc(OC(C)C)cn1)CC2. The molecule has 6 rings (SSSR count). The molecule has 41 heavy (non-hydrogen) atoms. The molecule has 0 spiro atoms. The number of methoxy groups -OCH3 is 1. The largest absolute Gasteiger partial charge is 0.492 e. The van der Waals surface area contributed by atoms with Gasteiger partial charge in [0.15, 0.2) is 17.3 Å². The number of ether oxygens (including phenoxy) is 2. The third-order valence-corrected chi connectivity index (χ3v) is 7.69. The van der Waals surface area contributed by atoms with Gasteiger partial charge in [-0.2, -0.15) is 5.10 Å². The minimum Gasteiger partial charge on any atom is -0.492 e. The molecule has 4 heterocycles. The molecule has 0 atom stereocenters. The summed E-state index contributed by atoms with van der Waals surface area (Å²) in [6.07, 6.45) is 7.73. The van der Waals surface area contributed by atoms with Gasteiger partial charge in [-0.3, -0.25) is 0 Å². The average Bonchev–Trinajstić information content (AvgIpc) is 3.61. The lowest BCUT2D eigenvalue weighted by atomic mass is 9.97. The van der Waals surface area contributed by atoms with E-state index < -0.39 is 5.82 Å². The highest BCUT2D eigenvalue weighted by Gasteiger charge is 2.30. The number of aromatic amines is 1. The van der Waals surface area contributed by atoms with Crippen LogP contribution < -0.4 is 14.4 Å². The standard InChI is InChI=1S/C32H35FN6O2/c1-6-20-9-8-10-21(7-2)29(20)39-30(24-15-26(33)31(40-5)28-23(24)11-13-34-28)25-18-38(14-12-27(25)37-39)32-35-16-22(17-36-32)41-19(3)4/h8-11,13,15-17,19,34H,6-7,12,14,18H2,1-5H3. The topological polar surface area (TPSA) is 81.1 Å². The summed E-state index contributed by atoms with van der Waals surface area (Å²) in [6.45, 7) is 9.53. The lowest BCUT2D eigenvalue weighted by molar-refractivity contribution is 0.240. The van der Waals surface area contributed by atoms with Crippen molar-refractivity contribution in [3.05, 3.63) is 77.1 Å². The number of para-hydroxylation sites is 1. The van der Waals surface area contributed by atoms with E-state index in [2.05, 4.69) is 56.6 Å². The van der Waals surface area contributed by atoms with Gasteiger partial charge in [-0.15, -0.1) is 0 Å². The van der Waals surface area contributed by atoms with Gasteiger partial charge in [-0.25, -0.2) is 19.0 Å². The molecule has 0 saturated heterocycles. The summed E-state index contributed by atoms with van der Waals surface area (Å²) in [4.78, 5) is 14.6. The molecule has 2 aromatic carbocycles. The van der Waals surface area contributed by atoms with Gasteiger partial charge in [0, 0.05) is 42.2 Å². The first-order valence-corrected chi connectivity index (χ1v) is 14.2. The van der Waals surface area contributed by atoms with E-state index in [-0.39, 0.29) is 11.9 Å². The number of fused-ring (bicyclic) bond motifs is 2. The third-order valence-electron chi connectivity index (χ3n) is 7.69. The normalized spacial score (nSPS) is 13.2. The van der Waals surface area contributed by atoms with Crippen LogP contribution in [-0.4, -0.2) is 44.5 Å². The van der Waals surface area contributed by atoms with Gasteiger partial charge in [0.25, 0.3) is 0 Å². The molecule has 9 heteroatoms. The summed E-state index contributed by atoms with van der Waals surface area (Å²) in [7, 11) is 1.49. The average molecular weight is 555 g/mol. The first-order valence-electron chi connectivity index (χ1n) is 14.2. The van der Waals surface area contributed by atoms with Crippen molar-refractivity contribution in [2.75, 3.05) is 18.6 Å². The summed E-state index contributed by atoms with van der Waals surface area (Å²) in [6, 6.07) is 9.96. The van der Waals surface area contributed by atoms with E-state index in [0.717, 1.165) is 53.0 Å². The van der Waals surface area contributed by atoms with Crippen molar-refractivity contribution in [3.8, 4) is 28.4 Å². The highest BCUT2D eigenvalue weighted by Crippen LogP contribution is 2.41. The third kappa shape index (κ3) is 4.69. The number of benzene rings is 2. The molecule has 1 aliphatic rings. The number of rotatable bonds is 8. The van der Waals surface area contributed by atoms with E-state index >= 15 is 4.39 Å². The Kier molecular flexibility index (Phi) is 7.11. The Hall–Kier alpha value is -4.40. The highest BCUT2D eigenvalue weighted by atomic mass is 19.1. The van der Waals surface area contributed by atoms with Crippen LogP contribution in [0.3, 0.4) is 0 Å². The molecular weight excluding hydrogens is 519 g/mol. The Morgan fingerprint density at radius 1 is 1.07 bits per heavy atom. The fourth-order valence-electron chi connectivity index (χ4n) is 5.84. The molecule has 0 fully saturated rings. The quantitative estimate of drug-likeness (QED) is 0.238. The van der Waals surface area contributed by atoms with Crippen molar-refractivity contribution in [3.63, 3.8) is 0 Å². The number of aromatic nitrogens is 5. The second-order valence-electron chi connectivity index (χ2n) is 10.6. The van der Waals surface area contributed by atoms with Crippen molar-refractivity contribution < 1.29 is 13.9 Å². The van der Waals surface area contributed by atoms with Gasteiger partial charge in [-0.1, -0.05) is 32.0 Å². The number of nitrogens with one attached hydrogen (secondary N) is 1. The van der Waals surface area contributed by atoms with Gasteiger partial charge < -0.3 is 19.4 Å². The zero-order chi connectivity index (χ0) is 28.7. The molecule has 0 radical (unpaired) electrons. The summed E-state index contributed by atoms with van der Waals surface area (Å²) < 4.78 is 28.8. The van der Waals surface area contributed by atoms with E-state index in [1.54, 1.807) is 18.5 Å². The van der Waals surface area contributed by atoms with E-state index in [1.807, 2.05) is 26.1 Å². The number of hydrogen-bond donors (Lipinski definition) is 1. The van der Waals surface area contributed by atoms with Crippen LogP contribution in [0.2, 0.25) is 0 Å². The molecule has 212 valence electrons. The van der Waals surface area contributed by atoms with Crippen molar-refractivity contribution in [2.24, 2.45) is 0 Å². The number of aryl methyl sites for hydroxylation is 2. The Labute approximate surface area is 239 Å². The Morgan fingerprint density at radius 3 is 2.46 bits per heavy atom. The van der Waals surface area contributed by atoms with Crippen molar-refractivity contribution in [1.82, 2.24) is 24.7 Å². The molecule has 8 nitrogen and oxygen atoms in total. The van der Waals surface area contributed by atoms with Gasteiger partial charge >= 0.3 is 0 Å². The Morgan fingerprint density at radius 2 is 1.80 bits per heavy atom. The fourth-order valence-corrected chi connectivity index (χ4v) is 5.84. The predicted molar refractivity (Wildman–Crippen MR) is 159 cm³/mol. The van der Waals surface area contributed by atoms with Crippen LogP contribution in [0.4, 0.5) is 10.3 Å². The summed E-state index contributed by atoms with van der Waals surface area (Å²) in [5.41, 5.74) is 7.79. The maximum atomic E-state index is 15.6. The molecule has 3 aromatic heterocycles. The van der Waals surface area contributed by atoms with Crippen molar-refractivity contribution in [1.29, 1.82) is 0 Å². The molecule has 0 unspecified atom stereocenters. The lowest BCUT2D eigenvalue weighted by Gasteiger charge is -2.27. The van der Waals surface area contributed by atoms with Crippen LogP contribution in [0.1, 0.15) is 50.1 Å². The molecule has 0 saturated carbocycles. The van der Waals surface area contributed by atoms with E-state index in [1.165, 1.54) is 18.2 Å². The molecule has 5 aromatic rings.